The van der Waals surface area contributed by atoms with Gasteiger partial charge in [-0.25, -0.2) is 0 Å². The van der Waals surface area contributed by atoms with Crippen LogP contribution in [0.25, 0.3) is 0 Å². The number of hydrogen-bond acceptors (Lipinski definition) is 2. The van der Waals surface area contributed by atoms with Gasteiger partial charge in [0.25, 0.3) is 0 Å². The maximum atomic E-state index is 5.17. The zero-order valence-electron chi connectivity index (χ0n) is 14.0. The number of hydrogen-bond donors (Lipinski definition) is 2. The maximum Gasteiger partial charge on any atom is 0.191 e. The molecule has 1 atom stereocenters. The average Bonchev–Trinajstić information content (AvgIpc) is 2.60. The van der Waals surface area contributed by atoms with Crippen molar-refractivity contribution in [2.24, 2.45) is 4.99 Å². The molecule has 0 aromatic heterocycles. The van der Waals surface area contributed by atoms with Gasteiger partial charge in [-0.3, -0.25) is 4.99 Å². The van der Waals surface area contributed by atoms with Crippen LogP contribution < -0.4 is 10.6 Å². The third-order valence-corrected chi connectivity index (χ3v) is 3.64. The van der Waals surface area contributed by atoms with E-state index in [9.17, 15) is 0 Å². The van der Waals surface area contributed by atoms with Gasteiger partial charge in [0.05, 0.1) is 12.6 Å². The van der Waals surface area contributed by atoms with E-state index in [1.165, 1.54) is 16.7 Å². The summed E-state index contributed by atoms with van der Waals surface area (Å²) in [4.78, 5) is 4.30. The number of guanidine groups is 1. The van der Waals surface area contributed by atoms with E-state index in [1.54, 1.807) is 14.2 Å². The number of aliphatic imine (C=N–C) groups is 1. The van der Waals surface area contributed by atoms with Crippen molar-refractivity contribution in [2.75, 3.05) is 14.2 Å². The lowest BCUT2D eigenvalue weighted by Crippen LogP contribution is -2.38. The van der Waals surface area contributed by atoms with Crippen molar-refractivity contribution in [1.82, 2.24) is 10.6 Å². The van der Waals surface area contributed by atoms with E-state index in [-0.39, 0.29) is 6.04 Å². The summed E-state index contributed by atoms with van der Waals surface area (Å²) in [5.74, 6) is 0.790. The Balaban J connectivity index is 1.91. The molecule has 2 aromatic rings. The zero-order chi connectivity index (χ0) is 16.5. The van der Waals surface area contributed by atoms with E-state index in [0.717, 1.165) is 12.5 Å². The molecule has 0 aliphatic carbocycles. The van der Waals surface area contributed by atoms with Gasteiger partial charge in [0, 0.05) is 20.7 Å². The van der Waals surface area contributed by atoms with Gasteiger partial charge in [0.2, 0.25) is 0 Å². The monoisotopic (exact) mass is 311 g/mol. The smallest absolute Gasteiger partial charge is 0.191 e. The molecule has 0 saturated heterocycles. The number of nitrogens with zero attached hydrogens (tertiary/aromatic N) is 1. The molecule has 2 N–H and O–H groups in total. The molecule has 0 aliphatic rings. The minimum absolute atomic E-state index is 0.197. The van der Waals surface area contributed by atoms with Gasteiger partial charge >= 0.3 is 0 Å². The molecule has 0 spiro atoms. The molecule has 2 aromatic carbocycles. The molecular formula is C19H25N3O. The van der Waals surface area contributed by atoms with Crippen LogP contribution >= 0.6 is 0 Å². The molecule has 0 amide bonds. The highest BCUT2D eigenvalue weighted by Crippen LogP contribution is 2.11. The normalized spacial score (nSPS) is 12.7. The molecule has 4 nitrogen and oxygen atoms in total. The van der Waals surface area contributed by atoms with E-state index in [1.807, 2.05) is 24.3 Å². The number of nitrogens with one attached hydrogen (secondary N) is 2. The molecule has 4 heteroatoms. The van der Waals surface area contributed by atoms with Crippen molar-refractivity contribution in [1.29, 1.82) is 0 Å². The Labute approximate surface area is 138 Å². The minimum atomic E-state index is 0.197. The van der Waals surface area contributed by atoms with Crippen LogP contribution in [0.1, 0.15) is 29.7 Å². The van der Waals surface area contributed by atoms with Crippen LogP contribution in [0.3, 0.4) is 0 Å². The van der Waals surface area contributed by atoms with E-state index in [4.69, 9.17) is 4.74 Å². The van der Waals surface area contributed by atoms with Gasteiger partial charge in [0.1, 0.15) is 0 Å². The first kappa shape index (κ1) is 17.0. The summed E-state index contributed by atoms with van der Waals surface area (Å²) in [6.07, 6.45) is 0. The number of ether oxygens (including phenoxy) is 1. The second-order valence-corrected chi connectivity index (χ2v) is 5.46. The lowest BCUT2D eigenvalue weighted by Gasteiger charge is -2.18. The quantitative estimate of drug-likeness (QED) is 0.636. The van der Waals surface area contributed by atoms with Gasteiger partial charge in [-0.05, 0) is 23.6 Å². The van der Waals surface area contributed by atoms with Crippen LogP contribution in [0.4, 0.5) is 0 Å². The number of rotatable bonds is 6. The van der Waals surface area contributed by atoms with Crippen molar-refractivity contribution in [2.45, 2.75) is 26.1 Å². The fraction of sp³-hybridized carbons (Fsp3) is 0.316. The molecule has 23 heavy (non-hydrogen) atoms. The second-order valence-electron chi connectivity index (χ2n) is 5.46. The summed E-state index contributed by atoms with van der Waals surface area (Å²) in [5, 5.41) is 6.76. The summed E-state index contributed by atoms with van der Waals surface area (Å²) in [6, 6.07) is 18.9. The predicted octanol–water partition coefficient (Wildman–Crippen LogP) is 3.26. The summed E-state index contributed by atoms with van der Waals surface area (Å²) in [5.41, 5.74) is 3.61. The average molecular weight is 311 g/mol. The standard InChI is InChI=1S/C19H25N3O/c1-15(18-10-5-4-6-11-18)22-19(20-2)21-13-16-8-7-9-17(12-16)14-23-3/h4-12,15H,13-14H2,1-3H3,(H2,20,21,22). The van der Waals surface area contributed by atoms with E-state index >= 15 is 0 Å². The third-order valence-electron chi connectivity index (χ3n) is 3.64. The topological polar surface area (TPSA) is 45.7 Å². The van der Waals surface area contributed by atoms with Gasteiger partial charge in [-0.1, -0.05) is 54.6 Å². The molecule has 1 unspecified atom stereocenters. The largest absolute Gasteiger partial charge is 0.380 e. The number of benzene rings is 2. The van der Waals surface area contributed by atoms with E-state index in [0.29, 0.717) is 6.61 Å². The van der Waals surface area contributed by atoms with Crippen LogP contribution in [0, 0.1) is 0 Å². The van der Waals surface area contributed by atoms with Gasteiger partial charge < -0.3 is 15.4 Å². The SMILES string of the molecule is CN=C(NCc1cccc(COC)c1)NC(C)c1ccccc1. The lowest BCUT2D eigenvalue weighted by atomic mass is 10.1. The van der Waals surface area contributed by atoms with Crippen LogP contribution in [0.15, 0.2) is 59.6 Å². The first-order valence-electron chi connectivity index (χ1n) is 7.82. The van der Waals surface area contributed by atoms with Gasteiger partial charge in [0.15, 0.2) is 5.96 Å². The molecule has 0 aliphatic heterocycles. The predicted molar refractivity (Wildman–Crippen MR) is 95.3 cm³/mol. The van der Waals surface area contributed by atoms with Crippen LogP contribution in [-0.4, -0.2) is 20.1 Å². The zero-order valence-corrected chi connectivity index (χ0v) is 14.0. The Bertz CT molecular complexity index is 626. The van der Waals surface area contributed by atoms with Crippen LogP contribution in [-0.2, 0) is 17.9 Å². The highest BCUT2D eigenvalue weighted by molar-refractivity contribution is 5.80. The Kier molecular flexibility index (Phi) is 6.63. The Morgan fingerprint density at radius 1 is 1.09 bits per heavy atom. The van der Waals surface area contributed by atoms with Crippen LogP contribution in [0.5, 0.6) is 0 Å². The van der Waals surface area contributed by atoms with Gasteiger partial charge in [-0.15, -0.1) is 0 Å². The molecule has 0 bridgehead atoms. The van der Waals surface area contributed by atoms with E-state index in [2.05, 4.69) is 52.9 Å². The molecule has 0 saturated carbocycles. The fourth-order valence-corrected chi connectivity index (χ4v) is 2.41. The molecule has 0 fully saturated rings. The highest BCUT2D eigenvalue weighted by atomic mass is 16.5. The van der Waals surface area contributed by atoms with Crippen LogP contribution in [0.2, 0.25) is 0 Å². The van der Waals surface area contributed by atoms with Crippen molar-refractivity contribution in [3.63, 3.8) is 0 Å². The first-order chi connectivity index (χ1) is 11.2. The fourth-order valence-electron chi connectivity index (χ4n) is 2.41. The molecule has 0 radical (unpaired) electrons. The number of methoxy groups -OCH3 is 1. The minimum Gasteiger partial charge on any atom is -0.380 e. The van der Waals surface area contributed by atoms with E-state index < -0.39 is 0 Å². The third kappa shape index (κ3) is 5.42. The summed E-state index contributed by atoms with van der Waals surface area (Å²) >= 11 is 0. The van der Waals surface area contributed by atoms with Crippen molar-refractivity contribution in [3.05, 3.63) is 71.3 Å². The Morgan fingerprint density at radius 2 is 1.83 bits per heavy atom. The lowest BCUT2D eigenvalue weighted by molar-refractivity contribution is 0.185. The molecule has 0 heterocycles. The second kappa shape index (κ2) is 8.96. The van der Waals surface area contributed by atoms with Crippen molar-refractivity contribution >= 4 is 5.96 Å². The molecular weight excluding hydrogens is 286 g/mol. The van der Waals surface area contributed by atoms with Crippen molar-refractivity contribution in [3.8, 4) is 0 Å². The molecule has 2 rings (SSSR count). The summed E-state index contributed by atoms with van der Waals surface area (Å²) in [6.45, 7) is 3.48. The Morgan fingerprint density at radius 3 is 2.52 bits per heavy atom. The summed E-state index contributed by atoms with van der Waals surface area (Å²) in [7, 11) is 3.50. The highest BCUT2D eigenvalue weighted by Gasteiger charge is 2.07. The first-order valence-corrected chi connectivity index (χ1v) is 7.82. The summed E-state index contributed by atoms with van der Waals surface area (Å²) < 4.78 is 5.17. The van der Waals surface area contributed by atoms with Crippen molar-refractivity contribution < 1.29 is 4.74 Å². The van der Waals surface area contributed by atoms with Gasteiger partial charge in [-0.2, -0.15) is 0 Å². The molecule has 122 valence electrons. The Hall–Kier alpha value is -2.33. The maximum absolute atomic E-state index is 5.17.